The zero-order valence-electron chi connectivity index (χ0n) is 9.39. The van der Waals surface area contributed by atoms with Crippen molar-refractivity contribution in [3.8, 4) is 0 Å². The van der Waals surface area contributed by atoms with Gasteiger partial charge in [-0.1, -0.05) is 28.1 Å². The van der Waals surface area contributed by atoms with Crippen LogP contribution in [0.5, 0.6) is 0 Å². The molecule has 0 radical (unpaired) electrons. The van der Waals surface area contributed by atoms with Gasteiger partial charge in [0.05, 0.1) is 0 Å². The Balaban J connectivity index is 2.17. The Bertz CT molecular complexity index is 346. The highest BCUT2D eigenvalue weighted by molar-refractivity contribution is 9.10. The molecule has 1 atom stereocenters. The van der Waals surface area contributed by atoms with Crippen LogP contribution in [0, 0.1) is 0 Å². The summed E-state index contributed by atoms with van der Waals surface area (Å²) in [6.07, 6.45) is 2.48. The van der Waals surface area contributed by atoms with Crippen LogP contribution in [0.25, 0.3) is 0 Å². The third-order valence-electron chi connectivity index (χ3n) is 3.17. The van der Waals surface area contributed by atoms with Crippen molar-refractivity contribution in [2.75, 3.05) is 6.54 Å². The summed E-state index contributed by atoms with van der Waals surface area (Å²) in [5, 5.41) is 3.56. The van der Waals surface area contributed by atoms with Crippen LogP contribution in [0.4, 0.5) is 0 Å². The van der Waals surface area contributed by atoms with Crippen LogP contribution in [0.2, 0.25) is 0 Å². The minimum Gasteiger partial charge on any atom is -0.312 e. The normalized spacial score (nSPS) is 25.1. The lowest BCUT2D eigenvalue weighted by Gasteiger charge is -2.36. The van der Waals surface area contributed by atoms with Crippen LogP contribution in [-0.2, 0) is 0 Å². The summed E-state index contributed by atoms with van der Waals surface area (Å²) in [6.45, 7) is 5.71. The second-order valence-electron chi connectivity index (χ2n) is 5.06. The van der Waals surface area contributed by atoms with Gasteiger partial charge in [-0.25, -0.2) is 0 Å². The summed E-state index contributed by atoms with van der Waals surface area (Å²) in [6, 6.07) is 8.73. The number of nitrogens with one attached hydrogen (secondary N) is 1. The molecule has 15 heavy (non-hydrogen) atoms. The van der Waals surface area contributed by atoms with Crippen molar-refractivity contribution in [2.45, 2.75) is 38.1 Å². The first-order valence-corrected chi connectivity index (χ1v) is 6.37. The van der Waals surface area contributed by atoms with E-state index in [9.17, 15) is 0 Å². The predicted molar refractivity (Wildman–Crippen MR) is 68.2 cm³/mol. The van der Waals surface area contributed by atoms with Gasteiger partial charge in [-0.3, -0.25) is 0 Å². The third kappa shape index (κ3) is 2.82. The molecule has 1 aliphatic rings. The van der Waals surface area contributed by atoms with Crippen molar-refractivity contribution in [1.82, 2.24) is 5.32 Å². The lowest BCUT2D eigenvalue weighted by atomic mass is 9.81. The molecule has 1 aromatic rings. The van der Waals surface area contributed by atoms with Crippen molar-refractivity contribution < 1.29 is 0 Å². The molecule has 1 aliphatic heterocycles. The van der Waals surface area contributed by atoms with Crippen LogP contribution in [-0.4, -0.2) is 12.1 Å². The Kier molecular flexibility index (Phi) is 3.17. The quantitative estimate of drug-likeness (QED) is 0.819. The topological polar surface area (TPSA) is 12.0 Å². The van der Waals surface area contributed by atoms with E-state index in [-0.39, 0.29) is 5.54 Å². The third-order valence-corrected chi connectivity index (χ3v) is 3.67. The smallest absolute Gasteiger partial charge is 0.0178 e. The molecule has 0 aliphatic carbocycles. The van der Waals surface area contributed by atoms with Crippen molar-refractivity contribution in [1.29, 1.82) is 0 Å². The van der Waals surface area contributed by atoms with Gasteiger partial charge >= 0.3 is 0 Å². The Labute approximate surface area is 100 Å². The van der Waals surface area contributed by atoms with E-state index >= 15 is 0 Å². The molecule has 2 heteroatoms. The highest BCUT2D eigenvalue weighted by atomic mass is 79.9. The Hall–Kier alpha value is -0.340. The molecule has 0 saturated carbocycles. The number of halogens is 1. The van der Waals surface area contributed by atoms with E-state index in [1.807, 2.05) is 0 Å². The van der Waals surface area contributed by atoms with Gasteiger partial charge in [0, 0.05) is 10.0 Å². The molecule has 1 nitrogen and oxygen atoms in total. The largest absolute Gasteiger partial charge is 0.312 e. The Morgan fingerprint density at radius 3 is 2.87 bits per heavy atom. The van der Waals surface area contributed by atoms with Crippen molar-refractivity contribution in [3.63, 3.8) is 0 Å². The number of piperidine rings is 1. The summed E-state index contributed by atoms with van der Waals surface area (Å²) >= 11 is 3.54. The van der Waals surface area contributed by atoms with E-state index in [0.29, 0.717) is 5.92 Å². The van der Waals surface area contributed by atoms with E-state index < -0.39 is 0 Å². The molecule has 0 amide bonds. The van der Waals surface area contributed by atoms with Crippen LogP contribution in [0.15, 0.2) is 28.7 Å². The molecular formula is C13H18BrN. The van der Waals surface area contributed by atoms with Gasteiger partial charge in [0.1, 0.15) is 0 Å². The SMILES string of the molecule is CC1(C)CC(c2cccc(Br)c2)CCN1. The van der Waals surface area contributed by atoms with Crippen LogP contribution in [0.1, 0.15) is 38.2 Å². The maximum atomic E-state index is 3.56. The van der Waals surface area contributed by atoms with E-state index in [1.54, 1.807) is 0 Å². The number of hydrogen-bond donors (Lipinski definition) is 1. The average Bonchev–Trinajstić information content (AvgIpc) is 2.16. The van der Waals surface area contributed by atoms with Gasteiger partial charge < -0.3 is 5.32 Å². The molecule has 0 spiro atoms. The molecule has 0 aromatic heterocycles. The van der Waals surface area contributed by atoms with Gasteiger partial charge in [0.2, 0.25) is 0 Å². The molecule has 1 aromatic carbocycles. The first-order valence-electron chi connectivity index (χ1n) is 5.57. The zero-order valence-corrected chi connectivity index (χ0v) is 11.0. The molecule has 1 heterocycles. The van der Waals surface area contributed by atoms with Crippen LogP contribution in [0.3, 0.4) is 0 Å². The first kappa shape index (κ1) is 11.2. The molecular weight excluding hydrogens is 250 g/mol. The molecule has 0 bridgehead atoms. The van der Waals surface area contributed by atoms with Crippen molar-refractivity contribution in [3.05, 3.63) is 34.3 Å². The van der Waals surface area contributed by atoms with Crippen molar-refractivity contribution in [2.24, 2.45) is 0 Å². The Morgan fingerprint density at radius 1 is 1.40 bits per heavy atom. The van der Waals surface area contributed by atoms with E-state index in [2.05, 4.69) is 59.4 Å². The number of hydrogen-bond acceptors (Lipinski definition) is 1. The molecule has 82 valence electrons. The fourth-order valence-corrected chi connectivity index (χ4v) is 2.84. The van der Waals surface area contributed by atoms with Crippen LogP contribution >= 0.6 is 15.9 Å². The molecule has 1 unspecified atom stereocenters. The minimum atomic E-state index is 0.283. The van der Waals surface area contributed by atoms with Gasteiger partial charge in [-0.05, 0) is 56.8 Å². The fraction of sp³-hybridized carbons (Fsp3) is 0.538. The Morgan fingerprint density at radius 2 is 2.20 bits per heavy atom. The second-order valence-corrected chi connectivity index (χ2v) is 5.97. The van der Waals surface area contributed by atoms with Gasteiger partial charge in [0.25, 0.3) is 0 Å². The molecule has 2 rings (SSSR count). The maximum absolute atomic E-state index is 3.56. The van der Waals surface area contributed by atoms with Gasteiger partial charge in [-0.2, -0.15) is 0 Å². The molecule has 1 N–H and O–H groups in total. The lowest BCUT2D eigenvalue weighted by Crippen LogP contribution is -2.45. The van der Waals surface area contributed by atoms with E-state index in [0.717, 1.165) is 6.54 Å². The second kappa shape index (κ2) is 4.26. The monoisotopic (exact) mass is 267 g/mol. The standard InChI is InChI=1S/C13H18BrN/c1-13(2)9-11(6-7-15-13)10-4-3-5-12(14)8-10/h3-5,8,11,15H,6-7,9H2,1-2H3. The summed E-state index contributed by atoms with van der Waals surface area (Å²) in [5.74, 6) is 0.707. The van der Waals surface area contributed by atoms with E-state index in [1.165, 1.54) is 22.9 Å². The first-order chi connectivity index (χ1) is 7.07. The van der Waals surface area contributed by atoms with Gasteiger partial charge in [0.15, 0.2) is 0 Å². The summed E-state index contributed by atoms with van der Waals surface area (Å²) < 4.78 is 1.19. The van der Waals surface area contributed by atoms with Crippen LogP contribution < -0.4 is 5.32 Å². The number of benzene rings is 1. The zero-order chi connectivity index (χ0) is 10.9. The van der Waals surface area contributed by atoms with Crippen molar-refractivity contribution >= 4 is 15.9 Å². The van der Waals surface area contributed by atoms with Gasteiger partial charge in [-0.15, -0.1) is 0 Å². The molecule has 1 fully saturated rings. The maximum Gasteiger partial charge on any atom is 0.0178 e. The molecule has 1 saturated heterocycles. The predicted octanol–water partition coefficient (Wildman–Crippen LogP) is 3.69. The highest BCUT2D eigenvalue weighted by Gasteiger charge is 2.28. The summed E-state index contributed by atoms with van der Waals surface area (Å²) in [5.41, 5.74) is 1.75. The van der Waals surface area contributed by atoms with E-state index in [4.69, 9.17) is 0 Å². The summed E-state index contributed by atoms with van der Waals surface area (Å²) in [4.78, 5) is 0. The number of rotatable bonds is 1. The summed E-state index contributed by atoms with van der Waals surface area (Å²) in [7, 11) is 0. The minimum absolute atomic E-state index is 0.283. The lowest BCUT2D eigenvalue weighted by molar-refractivity contribution is 0.275. The highest BCUT2D eigenvalue weighted by Crippen LogP contribution is 2.33. The average molecular weight is 268 g/mol. The fourth-order valence-electron chi connectivity index (χ4n) is 2.42.